The lowest BCUT2D eigenvalue weighted by Gasteiger charge is -2.20. The Morgan fingerprint density at radius 3 is 2.06 bits per heavy atom. The lowest BCUT2D eigenvalue weighted by atomic mass is 10.1. The zero-order valence-corrected chi connectivity index (χ0v) is 11.7. The molecule has 0 spiro atoms. The van der Waals surface area contributed by atoms with Gasteiger partial charge in [0, 0.05) is 25.2 Å². The van der Waals surface area contributed by atoms with Crippen molar-refractivity contribution in [3.63, 3.8) is 0 Å². The van der Waals surface area contributed by atoms with Crippen LogP contribution in [-0.4, -0.2) is 31.5 Å². The third-order valence-electron chi connectivity index (χ3n) is 2.37. The van der Waals surface area contributed by atoms with E-state index < -0.39 is 12.6 Å². The van der Waals surface area contributed by atoms with Gasteiger partial charge in [-0.25, -0.2) is 0 Å². The topological polar surface area (TPSA) is 21.3 Å². The standard InChI is InChI=1S/C13H26F3NO/c1-12(2,3)17-9-5-4-6-10-18-11-7-8-13(14,15)16/h17H,4-11H2,1-3H3. The highest BCUT2D eigenvalue weighted by Crippen LogP contribution is 2.20. The summed E-state index contributed by atoms with van der Waals surface area (Å²) < 4.78 is 40.6. The van der Waals surface area contributed by atoms with Crippen molar-refractivity contribution in [3.8, 4) is 0 Å². The maximum atomic E-state index is 11.8. The van der Waals surface area contributed by atoms with E-state index in [-0.39, 0.29) is 18.6 Å². The highest BCUT2D eigenvalue weighted by Gasteiger charge is 2.25. The quantitative estimate of drug-likeness (QED) is 0.641. The van der Waals surface area contributed by atoms with Crippen LogP contribution in [0.2, 0.25) is 0 Å². The maximum Gasteiger partial charge on any atom is 0.389 e. The van der Waals surface area contributed by atoms with Crippen molar-refractivity contribution >= 4 is 0 Å². The summed E-state index contributed by atoms with van der Waals surface area (Å²) in [7, 11) is 0. The van der Waals surface area contributed by atoms with Crippen LogP contribution in [0.4, 0.5) is 13.2 Å². The zero-order chi connectivity index (χ0) is 14.1. The van der Waals surface area contributed by atoms with Gasteiger partial charge in [0.25, 0.3) is 0 Å². The van der Waals surface area contributed by atoms with Crippen molar-refractivity contribution in [2.24, 2.45) is 0 Å². The Morgan fingerprint density at radius 1 is 0.889 bits per heavy atom. The summed E-state index contributed by atoms with van der Waals surface area (Å²) in [5, 5.41) is 3.38. The number of hydrogen-bond donors (Lipinski definition) is 1. The Morgan fingerprint density at radius 2 is 1.50 bits per heavy atom. The second-order valence-corrected chi connectivity index (χ2v) is 5.57. The molecule has 0 aliphatic rings. The van der Waals surface area contributed by atoms with Gasteiger partial charge >= 0.3 is 6.18 Å². The van der Waals surface area contributed by atoms with Crippen LogP contribution in [0.3, 0.4) is 0 Å². The second-order valence-electron chi connectivity index (χ2n) is 5.57. The first-order chi connectivity index (χ1) is 8.21. The minimum atomic E-state index is -4.05. The van der Waals surface area contributed by atoms with Crippen molar-refractivity contribution in [2.75, 3.05) is 19.8 Å². The molecule has 0 aromatic carbocycles. The Labute approximate surface area is 108 Å². The van der Waals surface area contributed by atoms with E-state index in [1.54, 1.807) is 0 Å². The largest absolute Gasteiger partial charge is 0.389 e. The fraction of sp³-hybridized carbons (Fsp3) is 1.00. The fourth-order valence-electron chi connectivity index (χ4n) is 1.45. The number of unbranched alkanes of at least 4 members (excludes halogenated alkanes) is 2. The SMILES string of the molecule is CC(C)(C)NCCCCCOCCCC(F)(F)F. The predicted molar refractivity (Wildman–Crippen MR) is 67.7 cm³/mol. The van der Waals surface area contributed by atoms with Crippen LogP contribution in [0.15, 0.2) is 0 Å². The summed E-state index contributed by atoms with van der Waals surface area (Å²) in [6, 6.07) is 0. The van der Waals surface area contributed by atoms with E-state index in [1.165, 1.54) is 0 Å². The van der Waals surface area contributed by atoms with Crippen LogP contribution in [0.25, 0.3) is 0 Å². The first-order valence-electron chi connectivity index (χ1n) is 6.60. The van der Waals surface area contributed by atoms with Crippen molar-refractivity contribution in [1.29, 1.82) is 0 Å². The highest BCUT2D eigenvalue weighted by molar-refractivity contribution is 4.69. The summed E-state index contributed by atoms with van der Waals surface area (Å²) in [6.45, 7) is 8.11. The van der Waals surface area contributed by atoms with E-state index in [4.69, 9.17) is 4.74 Å². The average Bonchev–Trinajstić information content (AvgIpc) is 2.17. The lowest BCUT2D eigenvalue weighted by molar-refractivity contribution is -0.137. The molecule has 0 saturated carbocycles. The molecule has 0 atom stereocenters. The second kappa shape index (κ2) is 8.75. The minimum Gasteiger partial charge on any atom is -0.381 e. The third kappa shape index (κ3) is 15.7. The number of rotatable bonds is 9. The molecule has 0 aromatic heterocycles. The van der Waals surface area contributed by atoms with Crippen molar-refractivity contribution in [1.82, 2.24) is 5.32 Å². The molecule has 0 aromatic rings. The van der Waals surface area contributed by atoms with Crippen LogP contribution >= 0.6 is 0 Å². The van der Waals surface area contributed by atoms with Crippen LogP contribution in [0, 0.1) is 0 Å². The Balaban J connectivity index is 3.13. The number of hydrogen-bond acceptors (Lipinski definition) is 2. The molecule has 2 nitrogen and oxygen atoms in total. The normalized spacial score (nSPS) is 13.0. The van der Waals surface area contributed by atoms with Gasteiger partial charge in [0.15, 0.2) is 0 Å². The fourth-order valence-corrected chi connectivity index (χ4v) is 1.45. The van der Waals surface area contributed by atoms with Crippen LogP contribution in [0.5, 0.6) is 0 Å². The van der Waals surface area contributed by atoms with Crippen LogP contribution in [0.1, 0.15) is 52.9 Å². The third-order valence-corrected chi connectivity index (χ3v) is 2.37. The first kappa shape index (κ1) is 17.7. The summed E-state index contributed by atoms with van der Waals surface area (Å²) in [4.78, 5) is 0. The number of nitrogens with one attached hydrogen (secondary N) is 1. The molecule has 0 aliphatic carbocycles. The van der Waals surface area contributed by atoms with E-state index in [1.807, 2.05) is 0 Å². The average molecular weight is 269 g/mol. The Hall–Kier alpha value is -0.290. The predicted octanol–water partition coefficient (Wildman–Crippen LogP) is 3.90. The molecule has 0 heterocycles. The van der Waals surface area contributed by atoms with E-state index >= 15 is 0 Å². The van der Waals surface area contributed by atoms with Crippen LogP contribution in [-0.2, 0) is 4.74 Å². The van der Waals surface area contributed by atoms with Gasteiger partial charge in [0.05, 0.1) is 0 Å². The number of alkyl halides is 3. The molecule has 0 unspecified atom stereocenters. The lowest BCUT2D eigenvalue weighted by Crippen LogP contribution is -2.36. The van der Waals surface area contributed by atoms with Crippen molar-refractivity contribution < 1.29 is 17.9 Å². The van der Waals surface area contributed by atoms with Gasteiger partial charge in [-0.15, -0.1) is 0 Å². The van der Waals surface area contributed by atoms with Crippen molar-refractivity contribution in [3.05, 3.63) is 0 Å². The molecule has 110 valence electrons. The minimum absolute atomic E-state index is 0.0646. The molecule has 0 rings (SSSR count). The molecule has 0 aliphatic heterocycles. The summed E-state index contributed by atoms with van der Waals surface area (Å²) >= 11 is 0. The van der Waals surface area contributed by atoms with Crippen molar-refractivity contribution in [2.45, 2.75) is 64.6 Å². The molecule has 0 bridgehead atoms. The first-order valence-corrected chi connectivity index (χ1v) is 6.60. The van der Waals surface area contributed by atoms with E-state index in [0.29, 0.717) is 6.61 Å². The van der Waals surface area contributed by atoms with Gasteiger partial charge in [-0.2, -0.15) is 13.2 Å². The van der Waals surface area contributed by atoms with E-state index in [2.05, 4.69) is 26.1 Å². The molecular weight excluding hydrogens is 243 g/mol. The summed E-state index contributed by atoms with van der Waals surface area (Å²) in [5.41, 5.74) is 0.147. The molecule has 0 fully saturated rings. The maximum absolute atomic E-state index is 11.8. The molecule has 0 radical (unpaired) electrons. The monoisotopic (exact) mass is 269 g/mol. The van der Waals surface area contributed by atoms with Crippen LogP contribution < -0.4 is 5.32 Å². The molecular formula is C13H26F3NO. The molecule has 1 N–H and O–H groups in total. The number of ether oxygens (including phenoxy) is 1. The Kier molecular flexibility index (Phi) is 8.61. The van der Waals surface area contributed by atoms with Gasteiger partial charge in [0.1, 0.15) is 0 Å². The summed E-state index contributed by atoms with van der Waals surface area (Å²) in [6.07, 6.45) is -1.71. The highest BCUT2D eigenvalue weighted by atomic mass is 19.4. The van der Waals surface area contributed by atoms with Gasteiger partial charge < -0.3 is 10.1 Å². The summed E-state index contributed by atoms with van der Waals surface area (Å²) in [5.74, 6) is 0. The molecule has 0 amide bonds. The van der Waals surface area contributed by atoms with E-state index in [0.717, 1.165) is 25.8 Å². The van der Waals surface area contributed by atoms with Gasteiger partial charge in [-0.1, -0.05) is 0 Å². The smallest absolute Gasteiger partial charge is 0.381 e. The van der Waals surface area contributed by atoms with Gasteiger partial charge in [-0.05, 0) is 53.0 Å². The zero-order valence-electron chi connectivity index (χ0n) is 11.7. The van der Waals surface area contributed by atoms with Gasteiger partial charge in [0.2, 0.25) is 0 Å². The Bertz CT molecular complexity index is 177. The molecule has 0 saturated heterocycles. The number of halogens is 3. The van der Waals surface area contributed by atoms with Gasteiger partial charge in [-0.3, -0.25) is 0 Å². The molecule has 18 heavy (non-hydrogen) atoms. The van der Waals surface area contributed by atoms with E-state index in [9.17, 15) is 13.2 Å². The molecule has 5 heteroatoms.